The first kappa shape index (κ1) is 12.8. The van der Waals surface area contributed by atoms with Gasteiger partial charge in [-0.3, -0.25) is 24.5 Å². The highest BCUT2D eigenvalue weighted by molar-refractivity contribution is 6.29. The molecule has 0 unspecified atom stereocenters. The second kappa shape index (κ2) is 4.14. The van der Waals surface area contributed by atoms with Crippen molar-refractivity contribution in [3.63, 3.8) is 0 Å². The third-order valence-corrected chi connectivity index (χ3v) is 3.39. The summed E-state index contributed by atoms with van der Waals surface area (Å²) in [5, 5.41) is 2.72. The van der Waals surface area contributed by atoms with Crippen LogP contribution in [-0.2, 0) is 0 Å². The summed E-state index contributed by atoms with van der Waals surface area (Å²) in [5.74, 6) is -2.95. The van der Waals surface area contributed by atoms with Crippen molar-refractivity contribution in [2.75, 3.05) is 0 Å². The minimum Gasteiger partial charge on any atom is -0.366 e. The SMILES string of the molecule is NC(=O)c1cc2c3c(cccc3c1C(N)=O)C(=O)NC2=O. The van der Waals surface area contributed by atoms with Crippen LogP contribution in [-0.4, -0.2) is 23.6 Å². The number of rotatable bonds is 2. The van der Waals surface area contributed by atoms with E-state index in [1.807, 2.05) is 0 Å². The highest BCUT2D eigenvalue weighted by atomic mass is 16.2. The molecular weight excluding hydrogens is 274 g/mol. The standard InChI is InChI=1S/C14H9N3O4/c15-11(18)7-4-8-9-5(10(7)12(16)19)2-1-3-6(9)13(20)17-14(8)21/h1-4H,(H2,15,18)(H2,16,19)(H,17,20,21). The predicted octanol–water partition coefficient (Wildman–Crippen LogP) is -0.0788. The lowest BCUT2D eigenvalue weighted by Gasteiger charge is -2.19. The maximum absolute atomic E-state index is 11.9. The number of carbonyl (C=O) groups excluding carboxylic acids is 4. The molecule has 0 fully saturated rings. The summed E-state index contributed by atoms with van der Waals surface area (Å²) in [6.07, 6.45) is 0. The Kier molecular flexibility index (Phi) is 2.52. The fraction of sp³-hybridized carbons (Fsp3) is 0. The molecule has 4 amide bonds. The summed E-state index contributed by atoms with van der Waals surface area (Å²) in [4.78, 5) is 47.0. The van der Waals surface area contributed by atoms with Gasteiger partial charge in [0.15, 0.2) is 0 Å². The first-order valence-electron chi connectivity index (χ1n) is 5.97. The molecule has 7 heteroatoms. The van der Waals surface area contributed by atoms with Crippen molar-refractivity contribution in [2.45, 2.75) is 0 Å². The van der Waals surface area contributed by atoms with Crippen molar-refractivity contribution in [1.29, 1.82) is 0 Å². The average molecular weight is 283 g/mol. The van der Waals surface area contributed by atoms with Gasteiger partial charge >= 0.3 is 0 Å². The molecule has 0 saturated heterocycles. The van der Waals surface area contributed by atoms with E-state index >= 15 is 0 Å². The third-order valence-electron chi connectivity index (χ3n) is 3.39. The Balaban J connectivity index is 2.59. The molecule has 0 bridgehead atoms. The molecule has 2 aromatic rings. The second-order valence-corrected chi connectivity index (χ2v) is 4.59. The number of nitrogens with one attached hydrogen (secondary N) is 1. The highest BCUT2D eigenvalue weighted by Crippen LogP contribution is 2.31. The van der Waals surface area contributed by atoms with Gasteiger partial charge in [-0.05, 0) is 17.5 Å². The number of nitrogens with two attached hydrogens (primary N) is 2. The smallest absolute Gasteiger partial charge is 0.258 e. The Bertz CT molecular complexity index is 870. The van der Waals surface area contributed by atoms with Gasteiger partial charge in [-0.1, -0.05) is 12.1 Å². The highest BCUT2D eigenvalue weighted by Gasteiger charge is 2.29. The minimum absolute atomic E-state index is 0.0920. The molecule has 21 heavy (non-hydrogen) atoms. The second-order valence-electron chi connectivity index (χ2n) is 4.59. The molecule has 7 nitrogen and oxygen atoms in total. The average Bonchev–Trinajstić information content (AvgIpc) is 2.42. The van der Waals surface area contributed by atoms with Gasteiger partial charge in [0.1, 0.15) is 0 Å². The molecule has 0 saturated carbocycles. The number of benzene rings is 2. The molecule has 0 aromatic heterocycles. The lowest BCUT2D eigenvalue weighted by atomic mass is 9.88. The zero-order valence-corrected chi connectivity index (χ0v) is 10.6. The largest absolute Gasteiger partial charge is 0.366 e. The van der Waals surface area contributed by atoms with Crippen LogP contribution in [0.1, 0.15) is 41.4 Å². The van der Waals surface area contributed by atoms with Gasteiger partial charge in [0, 0.05) is 16.5 Å². The van der Waals surface area contributed by atoms with Crippen LogP contribution < -0.4 is 16.8 Å². The van der Waals surface area contributed by atoms with Crippen molar-refractivity contribution in [3.05, 3.63) is 46.5 Å². The quantitative estimate of drug-likeness (QED) is 0.665. The molecule has 5 N–H and O–H groups in total. The summed E-state index contributed by atoms with van der Waals surface area (Å²) in [5.41, 5.74) is 10.7. The van der Waals surface area contributed by atoms with Crippen molar-refractivity contribution in [3.8, 4) is 0 Å². The predicted molar refractivity (Wildman–Crippen MR) is 72.8 cm³/mol. The van der Waals surface area contributed by atoms with Crippen LogP contribution in [0.4, 0.5) is 0 Å². The van der Waals surface area contributed by atoms with Gasteiger partial charge in [0.25, 0.3) is 11.8 Å². The van der Waals surface area contributed by atoms with Crippen LogP contribution in [0.3, 0.4) is 0 Å². The van der Waals surface area contributed by atoms with Crippen LogP contribution in [0, 0.1) is 0 Å². The Morgan fingerprint density at radius 3 is 2.24 bits per heavy atom. The summed E-state index contributed by atoms with van der Waals surface area (Å²) in [6, 6.07) is 5.76. The lowest BCUT2D eigenvalue weighted by molar-refractivity contribution is 0.0843. The third kappa shape index (κ3) is 1.68. The van der Waals surface area contributed by atoms with E-state index in [0.29, 0.717) is 5.39 Å². The van der Waals surface area contributed by atoms with Gasteiger partial charge in [-0.2, -0.15) is 0 Å². The molecule has 0 spiro atoms. The fourth-order valence-corrected chi connectivity index (χ4v) is 2.55. The topological polar surface area (TPSA) is 132 Å². The van der Waals surface area contributed by atoms with Crippen LogP contribution in [0.15, 0.2) is 24.3 Å². The molecule has 3 rings (SSSR count). The van der Waals surface area contributed by atoms with Crippen molar-refractivity contribution >= 4 is 34.4 Å². The maximum atomic E-state index is 11.9. The van der Waals surface area contributed by atoms with E-state index < -0.39 is 23.6 Å². The first-order valence-corrected chi connectivity index (χ1v) is 5.97. The van der Waals surface area contributed by atoms with Crippen molar-refractivity contribution in [2.24, 2.45) is 11.5 Å². The molecule has 1 aliphatic rings. The number of carbonyl (C=O) groups is 4. The Morgan fingerprint density at radius 1 is 0.952 bits per heavy atom. The summed E-state index contributed by atoms with van der Waals surface area (Å²) in [6.45, 7) is 0. The van der Waals surface area contributed by atoms with Gasteiger partial charge in [0.05, 0.1) is 11.1 Å². The maximum Gasteiger partial charge on any atom is 0.258 e. The molecule has 0 aliphatic carbocycles. The van der Waals surface area contributed by atoms with E-state index in [9.17, 15) is 19.2 Å². The molecule has 1 heterocycles. The number of imide groups is 1. The molecule has 1 aliphatic heterocycles. The molecule has 2 aromatic carbocycles. The van der Waals surface area contributed by atoms with E-state index in [4.69, 9.17) is 11.5 Å². The minimum atomic E-state index is -0.878. The van der Waals surface area contributed by atoms with E-state index in [1.165, 1.54) is 24.3 Å². The summed E-state index contributed by atoms with van der Waals surface area (Å²) >= 11 is 0. The summed E-state index contributed by atoms with van der Waals surface area (Å²) < 4.78 is 0. The van der Waals surface area contributed by atoms with Crippen LogP contribution in [0.5, 0.6) is 0 Å². The summed E-state index contributed by atoms with van der Waals surface area (Å²) in [7, 11) is 0. The number of primary amides is 2. The van der Waals surface area contributed by atoms with Gasteiger partial charge in [0.2, 0.25) is 11.8 Å². The van der Waals surface area contributed by atoms with Crippen LogP contribution in [0.25, 0.3) is 10.8 Å². The number of hydrogen-bond donors (Lipinski definition) is 3. The Hall–Kier alpha value is -3.22. The van der Waals surface area contributed by atoms with Gasteiger partial charge in [-0.25, -0.2) is 0 Å². The number of amides is 4. The Morgan fingerprint density at radius 2 is 1.62 bits per heavy atom. The van der Waals surface area contributed by atoms with E-state index in [2.05, 4.69) is 5.32 Å². The molecule has 0 radical (unpaired) electrons. The number of hydrogen-bond acceptors (Lipinski definition) is 4. The molecular formula is C14H9N3O4. The zero-order chi connectivity index (χ0) is 15.3. The fourth-order valence-electron chi connectivity index (χ4n) is 2.55. The van der Waals surface area contributed by atoms with Crippen molar-refractivity contribution in [1.82, 2.24) is 5.32 Å². The molecule has 104 valence electrons. The normalized spacial score (nSPS) is 13.1. The van der Waals surface area contributed by atoms with Crippen LogP contribution in [0.2, 0.25) is 0 Å². The first-order chi connectivity index (χ1) is 9.91. The molecule has 0 atom stereocenters. The van der Waals surface area contributed by atoms with E-state index in [0.717, 1.165) is 0 Å². The zero-order valence-electron chi connectivity index (χ0n) is 10.6. The monoisotopic (exact) mass is 283 g/mol. The van der Waals surface area contributed by atoms with Gasteiger partial charge < -0.3 is 11.5 Å². The Labute approximate surface area is 117 Å². The lowest BCUT2D eigenvalue weighted by Crippen LogP contribution is -2.35. The van der Waals surface area contributed by atoms with Gasteiger partial charge in [-0.15, -0.1) is 0 Å². The van der Waals surface area contributed by atoms with E-state index in [-0.39, 0.29) is 27.6 Å². The van der Waals surface area contributed by atoms with Crippen molar-refractivity contribution < 1.29 is 19.2 Å². The van der Waals surface area contributed by atoms with E-state index in [1.54, 1.807) is 0 Å². The van der Waals surface area contributed by atoms with Crippen LogP contribution >= 0.6 is 0 Å².